The van der Waals surface area contributed by atoms with Crippen LogP contribution in [0.15, 0.2) is 48.5 Å². The van der Waals surface area contributed by atoms with Crippen LogP contribution in [-0.2, 0) is 0 Å². The van der Waals surface area contributed by atoms with E-state index in [1.54, 1.807) is 19.2 Å². The number of rotatable bonds is 3. The summed E-state index contributed by atoms with van der Waals surface area (Å²) in [6, 6.07) is 15.2. The second kappa shape index (κ2) is 4.85. The van der Waals surface area contributed by atoms with Crippen LogP contribution in [0.4, 0.5) is 0 Å². The zero-order chi connectivity index (χ0) is 14.1. The van der Waals surface area contributed by atoms with E-state index in [4.69, 9.17) is 4.74 Å². The lowest BCUT2D eigenvalue weighted by molar-refractivity contribution is 0.103. The van der Waals surface area contributed by atoms with Crippen molar-refractivity contribution in [3.63, 3.8) is 0 Å². The Labute approximate surface area is 117 Å². The minimum Gasteiger partial charge on any atom is -0.496 e. The smallest absolute Gasteiger partial charge is 0.212 e. The fraction of sp³-hybridized carbons (Fsp3) is 0.118. The highest BCUT2D eigenvalue weighted by atomic mass is 16.5. The van der Waals surface area contributed by atoms with Gasteiger partial charge in [-0.3, -0.25) is 4.79 Å². The number of H-pyrrole nitrogens is 1. The van der Waals surface area contributed by atoms with E-state index >= 15 is 0 Å². The van der Waals surface area contributed by atoms with Crippen LogP contribution in [0.2, 0.25) is 0 Å². The van der Waals surface area contributed by atoms with E-state index in [0.29, 0.717) is 17.0 Å². The summed E-state index contributed by atoms with van der Waals surface area (Å²) in [5, 5.41) is 1.04. The lowest BCUT2D eigenvalue weighted by Gasteiger charge is -2.05. The van der Waals surface area contributed by atoms with Crippen LogP contribution in [0.3, 0.4) is 0 Å². The molecule has 100 valence electrons. The average Bonchev–Trinajstić information content (AvgIpc) is 2.89. The van der Waals surface area contributed by atoms with Gasteiger partial charge in [0.25, 0.3) is 0 Å². The number of aromatic nitrogens is 1. The van der Waals surface area contributed by atoms with E-state index in [9.17, 15) is 4.79 Å². The molecule has 1 aromatic heterocycles. The van der Waals surface area contributed by atoms with E-state index in [-0.39, 0.29) is 5.78 Å². The van der Waals surface area contributed by atoms with Crippen molar-refractivity contribution in [1.82, 2.24) is 4.98 Å². The molecule has 0 atom stereocenters. The summed E-state index contributed by atoms with van der Waals surface area (Å²) in [7, 11) is 1.57. The Morgan fingerprint density at radius 3 is 2.70 bits per heavy atom. The third-order valence-electron chi connectivity index (χ3n) is 3.37. The van der Waals surface area contributed by atoms with Crippen molar-refractivity contribution in [2.24, 2.45) is 0 Å². The van der Waals surface area contributed by atoms with Gasteiger partial charge in [0.1, 0.15) is 5.75 Å². The summed E-state index contributed by atoms with van der Waals surface area (Å²) in [5.74, 6) is 0.531. The van der Waals surface area contributed by atoms with Crippen molar-refractivity contribution in [3.05, 3.63) is 65.4 Å². The zero-order valence-electron chi connectivity index (χ0n) is 11.4. The summed E-state index contributed by atoms with van der Waals surface area (Å²) in [6.07, 6.45) is 0. The molecule has 1 heterocycles. The summed E-state index contributed by atoms with van der Waals surface area (Å²) < 4.78 is 5.25. The van der Waals surface area contributed by atoms with Crippen molar-refractivity contribution in [1.29, 1.82) is 0 Å². The zero-order valence-corrected chi connectivity index (χ0v) is 11.4. The number of carbonyl (C=O) groups is 1. The molecule has 0 saturated heterocycles. The van der Waals surface area contributed by atoms with Crippen LogP contribution < -0.4 is 4.74 Å². The third kappa shape index (κ3) is 2.07. The van der Waals surface area contributed by atoms with Gasteiger partial charge in [0, 0.05) is 10.9 Å². The second-order valence-corrected chi connectivity index (χ2v) is 4.80. The van der Waals surface area contributed by atoms with Gasteiger partial charge in [-0.25, -0.2) is 0 Å². The van der Waals surface area contributed by atoms with Crippen molar-refractivity contribution >= 4 is 16.7 Å². The maximum Gasteiger partial charge on any atom is 0.212 e. The Hall–Kier alpha value is -2.55. The number of aromatic amines is 1. The molecule has 0 aliphatic carbocycles. The van der Waals surface area contributed by atoms with E-state index < -0.39 is 0 Å². The number of benzene rings is 2. The molecule has 0 bridgehead atoms. The quantitative estimate of drug-likeness (QED) is 0.733. The standard InChI is InChI=1S/C17H15NO2/c1-11-7-8-14-12(9-11)10-15(18-14)17(19)13-5-3-4-6-16(13)20-2/h3-10,18H,1-2H3. The Morgan fingerprint density at radius 1 is 1.10 bits per heavy atom. The first-order chi connectivity index (χ1) is 9.69. The molecule has 3 heteroatoms. The maximum absolute atomic E-state index is 12.6. The lowest BCUT2D eigenvalue weighted by atomic mass is 10.1. The number of hydrogen-bond acceptors (Lipinski definition) is 2. The minimum absolute atomic E-state index is 0.0590. The minimum atomic E-state index is -0.0590. The maximum atomic E-state index is 12.6. The van der Waals surface area contributed by atoms with E-state index in [0.717, 1.165) is 10.9 Å². The Balaban J connectivity index is 2.08. The monoisotopic (exact) mass is 265 g/mol. The van der Waals surface area contributed by atoms with Crippen molar-refractivity contribution in [2.75, 3.05) is 7.11 Å². The van der Waals surface area contributed by atoms with Gasteiger partial charge in [0.15, 0.2) is 0 Å². The molecule has 0 radical (unpaired) electrons. The van der Waals surface area contributed by atoms with Gasteiger partial charge in [0.2, 0.25) is 5.78 Å². The molecule has 3 nitrogen and oxygen atoms in total. The largest absolute Gasteiger partial charge is 0.496 e. The van der Waals surface area contributed by atoms with Crippen molar-refractivity contribution in [2.45, 2.75) is 6.92 Å². The summed E-state index contributed by atoms with van der Waals surface area (Å²) >= 11 is 0. The van der Waals surface area contributed by atoms with Crippen molar-refractivity contribution in [3.8, 4) is 5.75 Å². The molecule has 0 spiro atoms. The summed E-state index contributed by atoms with van der Waals surface area (Å²) in [5.41, 5.74) is 3.29. The highest BCUT2D eigenvalue weighted by Gasteiger charge is 2.16. The Kier molecular flexibility index (Phi) is 3.03. The van der Waals surface area contributed by atoms with Crippen LogP contribution in [-0.4, -0.2) is 17.9 Å². The van der Waals surface area contributed by atoms with Gasteiger partial charge in [-0.15, -0.1) is 0 Å². The van der Waals surface area contributed by atoms with Crippen LogP contribution in [0, 0.1) is 6.92 Å². The molecule has 0 aliphatic rings. The van der Waals surface area contributed by atoms with Crippen LogP contribution in [0.5, 0.6) is 5.75 Å². The van der Waals surface area contributed by atoms with Gasteiger partial charge in [0.05, 0.1) is 18.4 Å². The number of para-hydroxylation sites is 1. The van der Waals surface area contributed by atoms with Crippen LogP contribution in [0.25, 0.3) is 10.9 Å². The van der Waals surface area contributed by atoms with Gasteiger partial charge >= 0.3 is 0 Å². The number of fused-ring (bicyclic) bond motifs is 1. The second-order valence-electron chi connectivity index (χ2n) is 4.80. The van der Waals surface area contributed by atoms with E-state index in [2.05, 4.69) is 11.1 Å². The number of ketones is 1. The van der Waals surface area contributed by atoms with Gasteiger partial charge in [-0.1, -0.05) is 23.8 Å². The molecule has 0 aliphatic heterocycles. The number of methoxy groups -OCH3 is 1. The molecule has 3 aromatic rings. The van der Waals surface area contributed by atoms with E-state index in [1.807, 2.05) is 37.3 Å². The SMILES string of the molecule is COc1ccccc1C(=O)c1cc2cc(C)ccc2[nH]1. The number of ether oxygens (including phenoxy) is 1. The third-order valence-corrected chi connectivity index (χ3v) is 3.37. The highest BCUT2D eigenvalue weighted by Crippen LogP contribution is 2.23. The first-order valence-electron chi connectivity index (χ1n) is 6.46. The number of carbonyl (C=O) groups excluding carboxylic acids is 1. The molecule has 0 unspecified atom stereocenters. The van der Waals surface area contributed by atoms with Gasteiger partial charge in [-0.05, 0) is 37.3 Å². The Morgan fingerprint density at radius 2 is 1.90 bits per heavy atom. The number of aryl methyl sites for hydroxylation is 1. The molecule has 20 heavy (non-hydrogen) atoms. The lowest BCUT2D eigenvalue weighted by Crippen LogP contribution is -2.03. The molecule has 2 aromatic carbocycles. The Bertz CT molecular complexity index is 787. The number of hydrogen-bond donors (Lipinski definition) is 1. The number of nitrogens with one attached hydrogen (secondary N) is 1. The molecule has 0 fully saturated rings. The van der Waals surface area contributed by atoms with Crippen LogP contribution >= 0.6 is 0 Å². The molecule has 3 rings (SSSR count). The topological polar surface area (TPSA) is 42.1 Å². The predicted molar refractivity (Wildman–Crippen MR) is 79.5 cm³/mol. The molecule has 0 saturated carbocycles. The highest BCUT2D eigenvalue weighted by molar-refractivity contribution is 6.11. The van der Waals surface area contributed by atoms with Gasteiger partial charge in [-0.2, -0.15) is 0 Å². The first kappa shape index (κ1) is 12.5. The molecular weight excluding hydrogens is 250 g/mol. The summed E-state index contributed by atoms with van der Waals surface area (Å²) in [4.78, 5) is 15.7. The fourth-order valence-corrected chi connectivity index (χ4v) is 2.35. The summed E-state index contributed by atoms with van der Waals surface area (Å²) in [6.45, 7) is 2.04. The normalized spacial score (nSPS) is 10.7. The average molecular weight is 265 g/mol. The van der Waals surface area contributed by atoms with E-state index in [1.165, 1.54) is 5.56 Å². The predicted octanol–water partition coefficient (Wildman–Crippen LogP) is 3.72. The first-order valence-corrected chi connectivity index (χ1v) is 6.46. The fourth-order valence-electron chi connectivity index (χ4n) is 2.35. The molecule has 1 N–H and O–H groups in total. The van der Waals surface area contributed by atoms with Crippen molar-refractivity contribution < 1.29 is 9.53 Å². The van der Waals surface area contributed by atoms with Gasteiger partial charge < -0.3 is 9.72 Å². The molecular formula is C17H15NO2. The molecule has 0 amide bonds. The van der Waals surface area contributed by atoms with Crippen LogP contribution in [0.1, 0.15) is 21.6 Å².